The highest BCUT2D eigenvalue weighted by Gasteiger charge is 2.07. The first-order valence-electron chi connectivity index (χ1n) is 5.33. The number of nitrogens with two attached hydrogens (primary N) is 1. The fraction of sp³-hybridized carbons (Fsp3) is 0.0833. The Bertz CT molecular complexity index is 648. The van der Waals surface area contributed by atoms with Crippen molar-refractivity contribution in [1.29, 1.82) is 0 Å². The summed E-state index contributed by atoms with van der Waals surface area (Å²) in [5, 5.41) is 3.14. The second-order valence-corrected chi connectivity index (χ2v) is 4.68. The minimum atomic E-state index is -0.412. The number of rotatable bonds is 3. The summed E-state index contributed by atoms with van der Waals surface area (Å²) in [5.41, 5.74) is 7.20. The SMILES string of the molecule is Cc1cc(C(N)=S)nc(Nc2ccc(F)cc2Cl)n1. The van der Waals surface area contributed by atoms with E-state index in [0.717, 1.165) is 0 Å². The van der Waals surface area contributed by atoms with E-state index in [1.165, 1.54) is 18.2 Å². The van der Waals surface area contributed by atoms with Gasteiger partial charge in [0.1, 0.15) is 16.5 Å². The quantitative estimate of drug-likeness (QED) is 0.853. The highest BCUT2D eigenvalue weighted by atomic mass is 35.5. The van der Waals surface area contributed by atoms with Crippen molar-refractivity contribution in [2.24, 2.45) is 5.73 Å². The van der Waals surface area contributed by atoms with Crippen LogP contribution >= 0.6 is 23.8 Å². The minimum absolute atomic E-state index is 0.179. The van der Waals surface area contributed by atoms with Gasteiger partial charge in [0.25, 0.3) is 0 Å². The monoisotopic (exact) mass is 296 g/mol. The number of hydrogen-bond donors (Lipinski definition) is 2. The summed E-state index contributed by atoms with van der Waals surface area (Å²) in [6, 6.07) is 5.68. The zero-order chi connectivity index (χ0) is 14.0. The number of benzene rings is 1. The van der Waals surface area contributed by atoms with Gasteiger partial charge in [-0.15, -0.1) is 0 Å². The van der Waals surface area contributed by atoms with Crippen LogP contribution < -0.4 is 11.1 Å². The van der Waals surface area contributed by atoms with Gasteiger partial charge in [0, 0.05) is 5.69 Å². The number of nitrogens with one attached hydrogen (secondary N) is 1. The third-order valence-electron chi connectivity index (χ3n) is 2.28. The summed E-state index contributed by atoms with van der Waals surface area (Å²) >= 11 is 10.8. The number of thiocarbonyl (C=S) groups is 1. The highest BCUT2D eigenvalue weighted by Crippen LogP contribution is 2.24. The lowest BCUT2D eigenvalue weighted by atomic mass is 10.3. The molecule has 7 heteroatoms. The van der Waals surface area contributed by atoms with Crippen molar-refractivity contribution in [3.05, 3.63) is 46.5 Å². The molecule has 0 aliphatic rings. The molecule has 3 N–H and O–H groups in total. The van der Waals surface area contributed by atoms with Gasteiger partial charge < -0.3 is 11.1 Å². The Morgan fingerprint density at radius 3 is 2.74 bits per heavy atom. The molecule has 2 rings (SSSR count). The maximum atomic E-state index is 12.9. The largest absolute Gasteiger partial charge is 0.388 e. The van der Waals surface area contributed by atoms with Gasteiger partial charge in [-0.1, -0.05) is 23.8 Å². The van der Waals surface area contributed by atoms with E-state index in [4.69, 9.17) is 29.6 Å². The van der Waals surface area contributed by atoms with Gasteiger partial charge in [0.15, 0.2) is 0 Å². The number of anilines is 2. The number of hydrogen-bond acceptors (Lipinski definition) is 4. The van der Waals surface area contributed by atoms with E-state index in [9.17, 15) is 4.39 Å². The van der Waals surface area contributed by atoms with Crippen molar-refractivity contribution in [1.82, 2.24) is 9.97 Å². The van der Waals surface area contributed by atoms with E-state index in [0.29, 0.717) is 23.0 Å². The Kier molecular flexibility index (Phi) is 3.92. The number of halogens is 2. The highest BCUT2D eigenvalue weighted by molar-refractivity contribution is 7.80. The summed E-state index contributed by atoms with van der Waals surface area (Å²) in [4.78, 5) is 8.52. The van der Waals surface area contributed by atoms with E-state index < -0.39 is 5.82 Å². The maximum Gasteiger partial charge on any atom is 0.228 e. The molecular weight excluding hydrogens is 287 g/mol. The lowest BCUT2D eigenvalue weighted by Gasteiger charge is -2.09. The van der Waals surface area contributed by atoms with Gasteiger partial charge in [-0.05, 0) is 31.2 Å². The zero-order valence-electron chi connectivity index (χ0n) is 9.95. The Labute approximate surface area is 119 Å². The lowest BCUT2D eigenvalue weighted by Crippen LogP contribution is -2.13. The van der Waals surface area contributed by atoms with Crippen molar-refractivity contribution < 1.29 is 4.39 Å². The van der Waals surface area contributed by atoms with Gasteiger partial charge in [-0.25, -0.2) is 14.4 Å². The van der Waals surface area contributed by atoms with Crippen LogP contribution in [0.5, 0.6) is 0 Å². The van der Waals surface area contributed by atoms with Crippen LogP contribution in [0.1, 0.15) is 11.4 Å². The van der Waals surface area contributed by atoms with Gasteiger partial charge >= 0.3 is 0 Å². The molecule has 0 spiro atoms. The normalized spacial score (nSPS) is 10.3. The average Bonchev–Trinajstić information content (AvgIpc) is 2.32. The average molecular weight is 297 g/mol. The van der Waals surface area contributed by atoms with Gasteiger partial charge in [-0.3, -0.25) is 0 Å². The van der Waals surface area contributed by atoms with E-state index >= 15 is 0 Å². The third-order valence-corrected chi connectivity index (χ3v) is 2.81. The number of aromatic nitrogens is 2. The second-order valence-electron chi connectivity index (χ2n) is 3.83. The molecule has 0 atom stereocenters. The van der Waals surface area contributed by atoms with Gasteiger partial charge in [0.2, 0.25) is 5.95 Å². The molecule has 0 fully saturated rings. The first kappa shape index (κ1) is 13.6. The third kappa shape index (κ3) is 3.36. The van der Waals surface area contributed by atoms with Crippen molar-refractivity contribution in [2.45, 2.75) is 6.92 Å². The maximum absolute atomic E-state index is 12.9. The summed E-state index contributed by atoms with van der Waals surface area (Å²) in [6.45, 7) is 1.79. The molecule has 19 heavy (non-hydrogen) atoms. The lowest BCUT2D eigenvalue weighted by molar-refractivity contribution is 0.628. The molecule has 0 aliphatic carbocycles. The summed E-state index contributed by atoms with van der Waals surface area (Å²) in [6.07, 6.45) is 0. The molecule has 0 saturated heterocycles. The van der Waals surface area contributed by atoms with Crippen LogP contribution in [0.3, 0.4) is 0 Å². The first-order chi connectivity index (χ1) is 8.95. The van der Waals surface area contributed by atoms with E-state index in [-0.39, 0.29) is 10.0 Å². The summed E-state index contributed by atoms with van der Waals surface area (Å²) in [7, 11) is 0. The van der Waals surface area contributed by atoms with Crippen LogP contribution in [0.4, 0.5) is 16.0 Å². The predicted molar refractivity (Wildman–Crippen MR) is 77.3 cm³/mol. The second kappa shape index (κ2) is 5.46. The van der Waals surface area contributed by atoms with Crippen molar-refractivity contribution in [2.75, 3.05) is 5.32 Å². The van der Waals surface area contributed by atoms with Crippen LogP contribution in [0.2, 0.25) is 5.02 Å². The molecule has 1 aromatic heterocycles. The summed E-state index contributed by atoms with van der Waals surface area (Å²) < 4.78 is 12.9. The molecule has 0 radical (unpaired) electrons. The zero-order valence-corrected chi connectivity index (χ0v) is 11.5. The van der Waals surface area contributed by atoms with Crippen LogP contribution in [0.15, 0.2) is 24.3 Å². The standard InChI is InChI=1S/C12H10ClFN4S/c1-6-4-10(11(15)19)18-12(16-6)17-9-3-2-7(14)5-8(9)13/h2-5H,1H3,(H2,15,19)(H,16,17,18). The van der Waals surface area contributed by atoms with Gasteiger partial charge in [0.05, 0.1) is 10.7 Å². The smallest absolute Gasteiger partial charge is 0.228 e. The van der Waals surface area contributed by atoms with Gasteiger partial charge in [-0.2, -0.15) is 0 Å². The molecular formula is C12H10ClFN4S. The van der Waals surface area contributed by atoms with E-state index in [1.807, 2.05) is 0 Å². The molecule has 0 amide bonds. The predicted octanol–water partition coefficient (Wildman–Crippen LogP) is 2.96. The molecule has 1 aromatic carbocycles. The van der Waals surface area contributed by atoms with Crippen molar-refractivity contribution in [3.63, 3.8) is 0 Å². The van der Waals surface area contributed by atoms with Crippen LogP contribution in [-0.2, 0) is 0 Å². The molecule has 2 aromatic rings. The Morgan fingerprint density at radius 1 is 1.37 bits per heavy atom. The van der Waals surface area contributed by atoms with E-state index in [2.05, 4.69) is 15.3 Å². The fourth-order valence-electron chi connectivity index (χ4n) is 1.46. The summed E-state index contributed by atoms with van der Waals surface area (Å²) in [5.74, 6) is -0.110. The molecule has 0 unspecified atom stereocenters. The van der Waals surface area contributed by atoms with Crippen LogP contribution in [0, 0.1) is 12.7 Å². The number of nitrogens with zero attached hydrogens (tertiary/aromatic N) is 2. The molecule has 1 heterocycles. The van der Waals surface area contributed by atoms with E-state index in [1.54, 1.807) is 13.0 Å². The fourth-order valence-corrected chi connectivity index (χ4v) is 1.78. The molecule has 4 nitrogen and oxygen atoms in total. The first-order valence-corrected chi connectivity index (χ1v) is 6.12. The topological polar surface area (TPSA) is 63.8 Å². The Morgan fingerprint density at radius 2 is 2.11 bits per heavy atom. The van der Waals surface area contributed by atoms with Crippen LogP contribution in [-0.4, -0.2) is 15.0 Å². The van der Waals surface area contributed by atoms with Crippen molar-refractivity contribution >= 4 is 40.4 Å². The minimum Gasteiger partial charge on any atom is -0.388 e. The molecule has 98 valence electrons. The van der Waals surface area contributed by atoms with Crippen LogP contribution in [0.25, 0.3) is 0 Å². The van der Waals surface area contributed by atoms with Crippen molar-refractivity contribution in [3.8, 4) is 0 Å². The number of aryl methyl sites for hydroxylation is 1. The Hall–Kier alpha value is -1.79. The molecule has 0 bridgehead atoms. The molecule has 0 aliphatic heterocycles. The molecule has 0 saturated carbocycles. The Balaban J connectivity index is 2.35.